The minimum Gasteiger partial charge on any atom is -0.496 e. The molecule has 28 heavy (non-hydrogen) atoms. The predicted molar refractivity (Wildman–Crippen MR) is 107 cm³/mol. The molecule has 5 nitrogen and oxygen atoms in total. The SMILES string of the molecule is COc1ccc(C=CC(=O)O)cc1COc1ccc(Oc2ccccc2)cc1. The number of carbonyl (C=O) groups is 1. The maximum atomic E-state index is 10.7. The lowest BCUT2D eigenvalue weighted by Gasteiger charge is -2.12. The zero-order valence-corrected chi connectivity index (χ0v) is 15.4. The van der Waals surface area contributed by atoms with Crippen LogP contribution in [0.2, 0.25) is 0 Å². The van der Waals surface area contributed by atoms with E-state index in [1.165, 1.54) is 6.08 Å². The predicted octanol–water partition coefficient (Wildman–Crippen LogP) is 5.16. The van der Waals surface area contributed by atoms with Crippen LogP contribution in [0.3, 0.4) is 0 Å². The number of ether oxygens (including phenoxy) is 3. The molecule has 0 amide bonds. The first-order valence-electron chi connectivity index (χ1n) is 8.68. The van der Waals surface area contributed by atoms with E-state index >= 15 is 0 Å². The number of para-hydroxylation sites is 1. The molecule has 142 valence electrons. The number of benzene rings is 3. The molecule has 0 spiro atoms. The summed E-state index contributed by atoms with van der Waals surface area (Å²) >= 11 is 0. The summed E-state index contributed by atoms with van der Waals surface area (Å²) in [6.07, 6.45) is 2.62. The van der Waals surface area contributed by atoms with Crippen molar-refractivity contribution in [2.45, 2.75) is 6.61 Å². The Hall–Kier alpha value is -3.73. The third kappa shape index (κ3) is 5.38. The van der Waals surface area contributed by atoms with Crippen molar-refractivity contribution in [3.8, 4) is 23.0 Å². The Labute approximate surface area is 163 Å². The van der Waals surface area contributed by atoms with Gasteiger partial charge in [-0.25, -0.2) is 4.79 Å². The molecule has 0 saturated carbocycles. The van der Waals surface area contributed by atoms with Crippen LogP contribution in [0.25, 0.3) is 6.08 Å². The van der Waals surface area contributed by atoms with Crippen molar-refractivity contribution in [1.82, 2.24) is 0 Å². The molecule has 0 fully saturated rings. The van der Waals surface area contributed by atoms with Crippen LogP contribution in [0, 0.1) is 0 Å². The summed E-state index contributed by atoms with van der Waals surface area (Å²) in [4.78, 5) is 10.7. The van der Waals surface area contributed by atoms with Gasteiger partial charge in [0, 0.05) is 11.6 Å². The molecular formula is C23H20O5. The number of aliphatic carboxylic acids is 1. The topological polar surface area (TPSA) is 65.0 Å². The summed E-state index contributed by atoms with van der Waals surface area (Å²) in [6.45, 7) is 0.289. The first-order chi connectivity index (χ1) is 13.6. The van der Waals surface area contributed by atoms with Crippen LogP contribution in [-0.4, -0.2) is 18.2 Å². The second-order valence-corrected chi connectivity index (χ2v) is 5.92. The molecule has 3 aromatic rings. The van der Waals surface area contributed by atoms with E-state index in [4.69, 9.17) is 19.3 Å². The fraction of sp³-hybridized carbons (Fsp3) is 0.0870. The van der Waals surface area contributed by atoms with Crippen molar-refractivity contribution in [3.63, 3.8) is 0 Å². The average molecular weight is 376 g/mol. The van der Waals surface area contributed by atoms with E-state index in [-0.39, 0.29) is 6.61 Å². The largest absolute Gasteiger partial charge is 0.496 e. The maximum absolute atomic E-state index is 10.7. The summed E-state index contributed by atoms with van der Waals surface area (Å²) in [5, 5.41) is 8.77. The van der Waals surface area contributed by atoms with Crippen molar-refractivity contribution < 1.29 is 24.1 Å². The smallest absolute Gasteiger partial charge is 0.328 e. The van der Waals surface area contributed by atoms with Crippen molar-refractivity contribution in [2.75, 3.05) is 7.11 Å². The van der Waals surface area contributed by atoms with Crippen LogP contribution in [-0.2, 0) is 11.4 Å². The van der Waals surface area contributed by atoms with Gasteiger partial charge in [-0.1, -0.05) is 24.3 Å². The number of carboxylic acids is 1. The highest BCUT2D eigenvalue weighted by Gasteiger charge is 2.06. The van der Waals surface area contributed by atoms with Crippen molar-refractivity contribution in [3.05, 3.63) is 90.0 Å². The molecule has 0 bridgehead atoms. The van der Waals surface area contributed by atoms with Gasteiger partial charge in [0.15, 0.2) is 0 Å². The van der Waals surface area contributed by atoms with Gasteiger partial charge in [0.25, 0.3) is 0 Å². The highest BCUT2D eigenvalue weighted by Crippen LogP contribution is 2.26. The molecule has 5 heteroatoms. The molecule has 0 radical (unpaired) electrons. The van der Waals surface area contributed by atoms with Gasteiger partial charge in [-0.2, -0.15) is 0 Å². The van der Waals surface area contributed by atoms with Gasteiger partial charge < -0.3 is 19.3 Å². The monoisotopic (exact) mass is 376 g/mol. The molecule has 0 atom stereocenters. The molecule has 0 aliphatic rings. The number of hydrogen-bond donors (Lipinski definition) is 1. The van der Waals surface area contributed by atoms with Crippen LogP contribution in [0.4, 0.5) is 0 Å². The van der Waals surface area contributed by atoms with Crippen LogP contribution in [0.1, 0.15) is 11.1 Å². The molecule has 1 N–H and O–H groups in total. The van der Waals surface area contributed by atoms with E-state index in [9.17, 15) is 4.79 Å². The first kappa shape index (κ1) is 19.0. The first-order valence-corrected chi connectivity index (χ1v) is 8.68. The zero-order valence-electron chi connectivity index (χ0n) is 15.4. The van der Waals surface area contributed by atoms with Gasteiger partial charge in [-0.05, 0) is 60.2 Å². The van der Waals surface area contributed by atoms with Crippen molar-refractivity contribution >= 4 is 12.0 Å². The second kappa shape index (κ2) is 9.28. The number of methoxy groups -OCH3 is 1. The molecule has 0 unspecified atom stereocenters. The Bertz CT molecular complexity index is 946. The fourth-order valence-corrected chi connectivity index (χ4v) is 2.57. The van der Waals surface area contributed by atoms with E-state index < -0.39 is 5.97 Å². The van der Waals surface area contributed by atoms with Crippen LogP contribution < -0.4 is 14.2 Å². The van der Waals surface area contributed by atoms with Crippen LogP contribution >= 0.6 is 0 Å². The zero-order chi connectivity index (χ0) is 19.8. The van der Waals surface area contributed by atoms with Gasteiger partial charge in [0.2, 0.25) is 0 Å². The van der Waals surface area contributed by atoms with Crippen LogP contribution in [0.15, 0.2) is 78.9 Å². The summed E-state index contributed by atoms with van der Waals surface area (Å²) in [5.74, 6) is 1.86. The number of rotatable bonds is 8. The third-order valence-electron chi connectivity index (χ3n) is 3.92. The summed E-state index contributed by atoms with van der Waals surface area (Å²) in [7, 11) is 1.58. The normalized spacial score (nSPS) is 10.6. The summed E-state index contributed by atoms with van der Waals surface area (Å²) < 4.78 is 17.0. The Morgan fingerprint density at radius 1 is 0.929 bits per heavy atom. The van der Waals surface area contributed by atoms with E-state index in [0.29, 0.717) is 11.5 Å². The van der Waals surface area contributed by atoms with Gasteiger partial charge in [-0.15, -0.1) is 0 Å². The lowest BCUT2D eigenvalue weighted by Crippen LogP contribution is -1.99. The Kier molecular flexibility index (Phi) is 6.31. The quantitative estimate of drug-likeness (QED) is 0.550. The Morgan fingerprint density at radius 2 is 1.61 bits per heavy atom. The molecule has 0 saturated heterocycles. The average Bonchev–Trinajstić information content (AvgIpc) is 2.72. The summed E-state index contributed by atoms with van der Waals surface area (Å²) in [6, 6.07) is 22.3. The maximum Gasteiger partial charge on any atom is 0.328 e. The van der Waals surface area contributed by atoms with E-state index in [1.54, 1.807) is 19.2 Å². The minimum atomic E-state index is -0.994. The van der Waals surface area contributed by atoms with Crippen molar-refractivity contribution in [2.24, 2.45) is 0 Å². The molecule has 0 aromatic heterocycles. The van der Waals surface area contributed by atoms with Gasteiger partial charge in [0.05, 0.1) is 7.11 Å². The molecule has 0 heterocycles. The molecule has 0 aliphatic carbocycles. The second-order valence-electron chi connectivity index (χ2n) is 5.92. The lowest BCUT2D eigenvalue weighted by atomic mass is 10.1. The van der Waals surface area contributed by atoms with Gasteiger partial charge >= 0.3 is 5.97 Å². The van der Waals surface area contributed by atoms with Crippen molar-refractivity contribution in [1.29, 1.82) is 0 Å². The minimum absolute atomic E-state index is 0.289. The van der Waals surface area contributed by atoms with E-state index in [0.717, 1.165) is 28.7 Å². The van der Waals surface area contributed by atoms with Gasteiger partial charge in [-0.3, -0.25) is 0 Å². The summed E-state index contributed by atoms with van der Waals surface area (Å²) in [5.41, 5.74) is 1.58. The molecule has 3 aromatic carbocycles. The molecular weight excluding hydrogens is 356 g/mol. The van der Waals surface area contributed by atoms with E-state index in [1.807, 2.05) is 60.7 Å². The van der Waals surface area contributed by atoms with Gasteiger partial charge in [0.1, 0.15) is 29.6 Å². The van der Waals surface area contributed by atoms with E-state index in [2.05, 4.69) is 0 Å². The fourth-order valence-electron chi connectivity index (χ4n) is 2.57. The molecule has 0 aliphatic heterocycles. The third-order valence-corrected chi connectivity index (χ3v) is 3.92. The highest BCUT2D eigenvalue weighted by atomic mass is 16.5. The molecule has 3 rings (SSSR count). The Balaban J connectivity index is 1.66. The standard InChI is InChI=1S/C23H20O5/c1-26-22-13-7-17(8-14-23(24)25)15-18(22)16-27-19-9-11-21(12-10-19)28-20-5-3-2-4-6-20/h2-15H,16H2,1H3,(H,24,25). The van der Waals surface area contributed by atoms with Crippen LogP contribution in [0.5, 0.6) is 23.0 Å². The lowest BCUT2D eigenvalue weighted by molar-refractivity contribution is -0.131. The number of carboxylic acid groups (broad SMARTS) is 1. The number of hydrogen-bond acceptors (Lipinski definition) is 4. The highest BCUT2D eigenvalue weighted by molar-refractivity contribution is 5.85. The Morgan fingerprint density at radius 3 is 2.29 bits per heavy atom.